The number of nitrogens with zero attached hydrogens (tertiary/aromatic N) is 1. The van der Waals surface area contributed by atoms with Gasteiger partial charge in [0, 0.05) is 13.2 Å². The maximum absolute atomic E-state index is 12.1. The van der Waals surface area contributed by atoms with Gasteiger partial charge in [-0.2, -0.15) is 25.8 Å². The van der Waals surface area contributed by atoms with Crippen molar-refractivity contribution in [2.75, 3.05) is 7.05 Å². The van der Waals surface area contributed by atoms with Gasteiger partial charge in [0.2, 0.25) is 0 Å². The van der Waals surface area contributed by atoms with Gasteiger partial charge in [0.05, 0.1) is 10.9 Å². The van der Waals surface area contributed by atoms with Crippen molar-refractivity contribution >= 4 is 12.6 Å². The fourth-order valence-electron chi connectivity index (χ4n) is 0.832. The Bertz CT molecular complexity index is 231. The highest BCUT2D eigenvalue weighted by molar-refractivity contribution is 7.81. The molecular formula is C7H8F3NS. The lowest BCUT2D eigenvalue weighted by molar-refractivity contribution is -0.0895. The van der Waals surface area contributed by atoms with Gasteiger partial charge in [-0.25, -0.2) is 0 Å². The van der Waals surface area contributed by atoms with Gasteiger partial charge >= 0.3 is 6.18 Å². The third kappa shape index (κ3) is 1.97. The molecular weight excluding hydrogens is 187 g/mol. The maximum Gasteiger partial charge on any atom is 0.417 e. The van der Waals surface area contributed by atoms with Crippen molar-refractivity contribution in [3.63, 3.8) is 0 Å². The molecule has 1 nitrogen and oxygen atoms in total. The van der Waals surface area contributed by atoms with Gasteiger partial charge in [0.15, 0.2) is 0 Å². The summed E-state index contributed by atoms with van der Waals surface area (Å²) in [6, 6.07) is 0. The lowest BCUT2D eigenvalue weighted by atomic mass is 10.2. The van der Waals surface area contributed by atoms with Crippen LogP contribution in [0.25, 0.3) is 0 Å². The van der Waals surface area contributed by atoms with E-state index in [4.69, 9.17) is 0 Å². The van der Waals surface area contributed by atoms with Crippen LogP contribution in [0.3, 0.4) is 0 Å². The molecule has 1 atom stereocenters. The van der Waals surface area contributed by atoms with Gasteiger partial charge in [-0.15, -0.1) is 0 Å². The summed E-state index contributed by atoms with van der Waals surface area (Å²) in [7, 11) is 1.55. The van der Waals surface area contributed by atoms with Crippen LogP contribution in [0.15, 0.2) is 23.9 Å². The van der Waals surface area contributed by atoms with E-state index in [2.05, 4.69) is 12.6 Å². The van der Waals surface area contributed by atoms with Crippen molar-refractivity contribution in [1.82, 2.24) is 4.90 Å². The third-order valence-electron chi connectivity index (χ3n) is 1.54. The fourth-order valence-corrected chi connectivity index (χ4v) is 0.985. The molecule has 0 radical (unpaired) electrons. The van der Waals surface area contributed by atoms with Crippen molar-refractivity contribution < 1.29 is 13.2 Å². The summed E-state index contributed by atoms with van der Waals surface area (Å²) < 4.78 is 36.2. The fraction of sp³-hybridized carbons (Fsp3) is 0.429. The number of thiol groups is 1. The zero-order valence-corrected chi connectivity index (χ0v) is 7.23. The number of rotatable bonds is 0. The lowest BCUT2D eigenvalue weighted by Gasteiger charge is -2.24. The monoisotopic (exact) mass is 195 g/mol. The molecule has 0 aromatic rings. The van der Waals surface area contributed by atoms with Crippen LogP contribution in [0, 0.1) is 0 Å². The van der Waals surface area contributed by atoms with Crippen LogP contribution >= 0.6 is 12.6 Å². The zero-order chi connectivity index (χ0) is 9.35. The van der Waals surface area contributed by atoms with Crippen molar-refractivity contribution in [2.24, 2.45) is 0 Å². The molecule has 0 saturated heterocycles. The first-order chi connectivity index (χ1) is 5.41. The van der Waals surface area contributed by atoms with E-state index in [9.17, 15) is 13.2 Å². The molecule has 0 aliphatic carbocycles. The molecule has 1 heterocycles. The van der Waals surface area contributed by atoms with Crippen LogP contribution in [-0.2, 0) is 0 Å². The second kappa shape index (κ2) is 3.05. The van der Waals surface area contributed by atoms with Crippen LogP contribution in [0.5, 0.6) is 0 Å². The second-order valence-electron chi connectivity index (χ2n) is 2.52. The summed E-state index contributed by atoms with van der Waals surface area (Å²) >= 11 is 4.02. The summed E-state index contributed by atoms with van der Waals surface area (Å²) in [5.41, 5.74) is -0.643. The Morgan fingerprint density at radius 1 is 1.50 bits per heavy atom. The van der Waals surface area contributed by atoms with E-state index in [1.807, 2.05) is 0 Å². The Labute approximate surface area is 74.0 Å². The first kappa shape index (κ1) is 9.51. The Kier molecular flexibility index (Phi) is 2.41. The Morgan fingerprint density at radius 3 is 2.50 bits per heavy atom. The van der Waals surface area contributed by atoms with E-state index in [0.717, 1.165) is 12.3 Å². The van der Waals surface area contributed by atoms with Gasteiger partial charge in [0.1, 0.15) is 0 Å². The Hall–Kier alpha value is -0.580. The summed E-state index contributed by atoms with van der Waals surface area (Å²) in [5.74, 6) is 0. The van der Waals surface area contributed by atoms with E-state index in [1.165, 1.54) is 11.0 Å². The van der Waals surface area contributed by atoms with E-state index >= 15 is 0 Å². The Morgan fingerprint density at radius 2 is 2.08 bits per heavy atom. The smallest absolute Gasteiger partial charge is 0.365 e. The number of hydrogen-bond acceptors (Lipinski definition) is 2. The standard InChI is InChI=1S/C7H8F3NS/c1-11-4-5(7(8,9)10)2-3-6(11)12/h2-4,6,12H,1H3. The molecule has 0 aromatic heterocycles. The summed E-state index contributed by atoms with van der Waals surface area (Å²) in [6.07, 6.45) is -0.792. The van der Waals surface area contributed by atoms with Gasteiger partial charge in [0.25, 0.3) is 0 Å². The average Bonchev–Trinajstić information content (AvgIpc) is 1.92. The molecule has 5 heteroatoms. The van der Waals surface area contributed by atoms with E-state index < -0.39 is 11.7 Å². The molecule has 0 fully saturated rings. The predicted molar refractivity (Wildman–Crippen MR) is 43.8 cm³/mol. The molecule has 1 aliphatic heterocycles. The average molecular weight is 195 g/mol. The topological polar surface area (TPSA) is 3.24 Å². The lowest BCUT2D eigenvalue weighted by Crippen LogP contribution is -2.26. The van der Waals surface area contributed by atoms with E-state index in [1.54, 1.807) is 7.05 Å². The number of hydrogen-bond donors (Lipinski definition) is 1. The largest absolute Gasteiger partial charge is 0.417 e. The highest BCUT2D eigenvalue weighted by atomic mass is 32.1. The van der Waals surface area contributed by atoms with Crippen molar-refractivity contribution in [2.45, 2.75) is 11.6 Å². The van der Waals surface area contributed by atoms with Crippen LogP contribution in [0.1, 0.15) is 0 Å². The van der Waals surface area contributed by atoms with Gasteiger partial charge in [-0.3, -0.25) is 0 Å². The second-order valence-corrected chi connectivity index (χ2v) is 3.05. The van der Waals surface area contributed by atoms with Crippen molar-refractivity contribution in [1.29, 1.82) is 0 Å². The molecule has 1 aliphatic rings. The molecule has 0 amide bonds. The molecule has 1 unspecified atom stereocenters. The number of likely N-dealkylation sites (N-methyl/N-ethyl adjacent to an activating group) is 1. The summed E-state index contributed by atoms with van der Waals surface area (Å²) in [5, 5.41) is -0.268. The molecule has 1 rings (SSSR count). The van der Waals surface area contributed by atoms with Crippen LogP contribution < -0.4 is 0 Å². The maximum atomic E-state index is 12.1. The van der Waals surface area contributed by atoms with Crippen LogP contribution in [0.2, 0.25) is 0 Å². The van der Waals surface area contributed by atoms with E-state index in [-0.39, 0.29) is 5.37 Å². The SMILES string of the molecule is CN1C=C(C(F)(F)F)C=CC1S. The Balaban J connectivity index is 2.84. The van der Waals surface area contributed by atoms with Gasteiger partial charge < -0.3 is 4.90 Å². The quantitative estimate of drug-likeness (QED) is 0.580. The molecule has 0 aromatic carbocycles. The molecule has 0 spiro atoms. The zero-order valence-electron chi connectivity index (χ0n) is 6.34. The first-order valence-electron chi connectivity index (χ1n) is 3.28. The minimum atomic E-state index is -4.27. The summed E-state index contributed by atoms with van der Waals surface area (Å²) in [4.78, 5) is 1.39. The molecule has 12 heavy (non-hydrogen) atoms. The van der Waals surface area contributed by atoms with E-state index in [0.29, 0.717) is 0 Å². The minimum absolute atomic E-state index is 0.268. The predicted octanol–water partition coefficient (Wildman–Crippen LogP) is 2.19. The van der Waals surface area contributed by atoms with Gasteiger partial charge in [-0.05, 0) is 6.08 Å². The normalized spacial score (nSPS) is 24.2. The van der Waals surface area contributed by atoms with Crippen molar-refractivity contribution in [3.05, 3.63) is 23.9 Å². The van der Waals surface area contributed by atoms with Crippen LogP contribution in [0.4, 0.5) is 13.2 Å². The summed E-state index contributed by atoms with van der Waals surface area (Å²) in [6.45, 7) is 0. The molecule has 0 N–H and O–H groups in total. The molecule has 0 bridgehead atoms. The minimum Gasteiger partial charge on any atom is -0.365 e. The molecule has 68 valence electrons. The number of halogens is 3. The highest BCUT2D eigenvalue weighted by Gasteiger charge is 2.33. The van der Waals surface area contributed by atoms with Crippen LogP contribution in [-0.4, -0.2) is 23.5 Å². The highest BCUT2D eigenvalue weighted by Crippen LogP contribution is 2.29. The van der Waals surface area contributed by atoms with Gasteiger partial charge in [-0.1, -0.05) is 6.08 Å². The third-order valence-corrected chi connectivity index (χ3v) is 2.07. The number of allylic oxidation sites excluding steroid dienone is 2. The first-order valence-corrected chi connectivity index (χ1v) is 3.80. The molecule has 0 saturated carbocycles. The number of alkyl halides is 3. The van der Waals surface area contributed by atoms with Crippen molar-refractivity contribution in [3.8, 4) is 0 Å².